The van der Waals surface area contributed by atoms with Crippen molar-refractivity contribution in [1.29, 1.82) is 5.26 Å². The molecule has 1 unspecified atom stereocenters. The highest BCUT2D eigenvalue weighted by molar-refractivity contribution is 7.44. The van der Waals surface area contributed by atoms with Crippen LogP contribution in [0.3, 0.4) is 0 Å². The number of hydrogen-bond donors (Lipinski definition) is 1. The van der Waals surface area contributed by atoms with Gasteiger partial charge in [0.2, 0.25) is 0 Å². The van der Waals surface area contributed by atoms with E-state index in [4.69, 9.17) is 23.9 Å². The van der Waals surface area contributed by atoms with Crippen molar-refractivity contribution in [3.8, 4) is 11.8 Å². The third-order valence-corrected chi connectivity index (χ3v) is 9.27. The zero-order valence-electron chi connectivity index (χ0n) is 26.4. The largest absolute Gasteiger partial charge is 0.497 e. The summed E-state index contributed by atoms with van der Waals surface area (Å²) < 4.78 is 19.9. The maximum absolute atomic E-state index is 8.91. The second-order valence-corrected chi connectivity index (χ2v) is 12.4. The number of nitrogens with zero attached hydrogens (tertiary/aromatic N) is 2. The summed E-state index contributed by atoms with van der Waals surface area (Å²) in [6.45, 7) is 10.2. The lowest BCUT2D eigenvalue weighted by Gasteiger charge is -2.36. The molecule has 0 heterocycles. The van der Waals surface area contributed by atoms with Crippen LogP contribution in [0.1, 0.15) is 76.5 Å². The third kappa shape index (κ3) is 10.1. The Hall–Kier alpha value is -2.82. The van der Waals surface area contributed by atoms with Crippen molar-refractivity contribution in [3.63, 3.8) is 0 Å². The van der Waals surface area contributed by atoms with Gasteiger partial charge in [-0.05, 0) is 69.4 Å². The minimum absolute atomic E-state index is 0.301. The fraction of sp³-hybridized carbons (Fsp3) is 0.457. The SMILES string of the molecule is COc1ccc(C(NOCCCCCCOP(OCCC#N)N(C(C)C)C(C)C)(c2ccccc2)c2ccccc2)cc1. The molecule has 43 heavy (non-hydrogen) atoms. The van der Waals surface area contributed by atoms with Crippen LogP contribution >= 0.6 is 8.53 Å². The lowest BCUT2D eigenvalue weighted by molar-refractivity contribution is -0.00152. The lowest BCUT2D eigenvalue weighted by Crippen LogP contribution is -2.44. The average Bonchev–Trinajstić information content (AvgIpc) is 3.02. The van der Waals surface area contributed by atoms with Gasteiger partial charge in [0.05, 0.1) is 39.4 Å². The Labute approximate surface area is 260 Å². The maximum Gasteiger partial charge on any atom is 0.259 e. The summed E-state index contributed by atoms with van der Waals surface area (Å²) in [7, 11) is 0.492. The van der Waals surface area contributed by atoms with E-state index < -0.39 is 14.1 Å². The van der Waals surface area contributed by atoms with E-state index in [1.54, 1.807) is 7.11 Å². The van der Waals surface area contributed by atoms with Gasteiger partial charge in [-0.25, -0.2) is 4.67 Å². The molecule has 0 radical (unpaired) electrons. The highest BCUT2D eigenvalue weighted by atomic mass is 31.2. The number of hydrogen-bond acceptors (Lipinski definition) is 7. The summed E-state index contributed by atoms with van der Waals surface area (Å²) in [5.41, 5.74) is 6.04. The van der Waals surface area contributed by atoms with Crippen molar-refractivity contribution < 1.29 is 18.6 Å². The van der Waals surface area contributed by atoms with Gasteiger partial charge in [-0.15, -0.1) is 0 Å². The smallest absolute Gasteiger partial charge is 0.259 e. The van der Waals surface area contributed by atoms with Crippen LogP contribution in [-0.4, -0.2) is 43.7 Å². The highest BCUT2D eigenvalue weighted by Gasteiger charge is 2.37. The quantitative estimate of drug-likeness (QED) is 0.0600. The molecule has 8 heteroatoms. The van der Waals surface area contributed by atoms with E-state index >= 15 is 0 Å². The van der Waals surface area contributed by atoms with Crippen molar-refractivity contribution in [2.45, 2.75) is 77.4 Å². The van der Waals surface area contributed by atoms with E-state index in [0.29, 0.717) is 38.3 Å². The van der Waals surface area contributed by atoms with Crippen molar-refractivity contribution in [3.05, 3.63) is 102 Å². The van der Waals surface area contributed by atoms with E-state index in [9.17, 15) is 0 Å². The number of nitrogens with one attached hydrogen (secondary N) is 1. The van der Waals surface area contributed by atoms with Gasteiger partial charge < -0.3 is 18.6 Å². The topological polar surface area (TPSA) is 76.0 Å². The predicted octanol–water partition coefficient (Wildman–Crippen LogP) is 8.36. The number of rotatable bonds is 20. The average molecular weight is 606 g/mol. The fourth-order valence-electron chi connectivity index (χ4n) is 5.14. The molecule has 3 rings (SSSR count). The molecular formula is C35H48N3O4P. The van der Waals surface area contributed by atoms with E-state index in [2.05, 4.69) is 105 Å². The van der Waals surface area contributed by atoms with Gasteiger partial charge in [-0.2, -0.15) is 10.7 Å². The van der Waals surface area contributed by atoms with Crippen LogP contribution in [0.2, 0.25) is 0 Å². The Morgan fingerprint density at radius 3 is 1.74 bits per heavy atom. The normalized spacial score (nSPS) is 12.5. The molecule has 1 N–H and O–H groups in total. The summed E-state index contributed by atoms with van der Waals surface area (Å²) in [6, 6.07) is 31.7. The number of methoxy groups -OCH3 is 1. The van der Waals surface area contributed by atoms with Crippen molar-refractivity contribution >= 4 is 8.53 Å². The molecular weight excluding hydrogens is 557 g/mol. The molecule has 0 aliphatic rings. The Morgan fingerprint density at radius 2 is 1.23 bits per heavy atom. The number of unbranched alkanes of at least 4 members (excludes halogenated alkanes) is 3. The number of hydroxylamine groups is 1. The lowest BCUT2D eigenvalue weighted by atomic mass is 9.78. The first kappa shape index (κ1) is 34.7. The van der Waals surface area contributed by atoms with Crippen LogP contribution in [0.4, 0.5) is 0 Å². The van der Waals surface area contributed by atoms with E-state index in [-0.39, 0.29) is 0 Å². The van der Waals surface area contributed by atoms with Gasteiger partial charge >= 0.3 is 0 Å². The van der Waals surface area contributed by atoms with Crippen LogP contribution < -0.4 is 10.2 Å². The molecule has 0 fully saturated rings. The van der Waals surface area contributed by atoms with Crippen molar-refractivity contribution in [2.75, 3.05) is 26.9 Å². The number of ether oxygens (including phenoxy) is 1. The molecule has 7 nitrogen and oxygen atoms in total. The molecule has 3 aromatic carbocycles. The Bertz CT molecular complexity index is 1160. The van der Waals surface area contributed by atoms with Crippen LogP contribution in [0.25, 0.3) is 0 Å². The summed E-state index contributed by atoms with van der Waals surface area (Å²) in [5, 5.41) is 8.91. The fourth-order valence-corrected chi connectivity index (χ4v) is 6.77. The second kappa shape index (κ2) is 18.8. The first-order valence-corrected chi connectivity index (χ1v) is 16.4. The summed E-state index contributed by atoms with van der Waals surface area (Å²) in [6.07, 6.45) is 4.31. The van der Waals surface area contributed by atoms with Gasteiger partial charge in [-0.1, -0.05) is 85.6 Å². The van der Waals surface area contributed by atoms with Gasteiger partial charge in [0, 0.05) is 12.1 Å². The maximum atomic E-state index is 8.91. The van der Waals surface area contributed by atoms with Gasteiger partial charge in [0.15, 0.2) is 0 Å². The number of benzene rings is 3. The minimum atomic E-state index is -1.19. The monoisotopic (exact) mass is 605 g/mol. The van der Waals surface area contributed by atoms with Crippen molar-refractivity contribution in [1.82, 2.24) is 10.2 Å². The zero-order chi connectivity index (χ0) is 30.9. The zero-order valence-corrected chi connectivity index (χ0v) is 27.3. The molecule has 3 aromatic rings. The van der Waals surface area contributed by atoms with Gasteiger partial charge in [0.1, 0.15) is 11.3 Å². The minimum Gasteiger partial charge on any atom is -0.497 e. The summed E-state index contributed by atoms with van der Waals surface area (Å²) in [5.74, 6) is 0.811. The van der Waals surface area contributed by atoms with Crippen molar-refractivity contribution in [2.24, 2.45) is 0 Å². The molecule has 0 spiro atoms. The second-order valence-electron chi connectivity index (χ2n) is 11.0. The van der Waals surface area contributed by atoms with E-state index in [1.165, 1.54) is 0 Å². The first-order valence-electron chi connectivity index (χ1n) is 15.3. The van der Waals surface area contributed by atoms with Crippen LogP contribution in [0.15, 0.2) is 84.9 Å². The molecule has 0 amide bonds. The van der Waals surface area contributed by atoms with E-state index in [0.717, 1.165) is 48.1 Å². The molecule has 0 aromatic heterocycles. The molecule has 1 atom stereocenters. The highest BCUT2D eigenvalue weighted by Crippen LogP contribution is 2.46. The standard InChI is InChI=1S/C35H48N3O4P/c1-29(2)38(30(3)4)43(42-28-16-25-36)41-27-15-7-6-14-26-40-37-35(31-17-10-8-11-18-31,32-19-12-9-13-20-32)33-21-23-34(39-5)24-22-33/h8-13,17-24,29-30,37H,6-7,14-16,26-28H2,1-5H3. The van der Waals surface area contributed by atoms with Gasteiger partial charge in [-0.3, -0.25) is 0 Å². The van der Waals surface area contributed by atoms with E-state index in [1.807, 2.05) is 24.3 Å². The Balaban J connectivity index is 1.58. The molecule has 0 aliphatic carbocycles. The molecule has 0 bridgehead atoms. The van der Waals surface area contributed by atoms with Crippen LogP contribution in [0, 0.1) is 11.3 Å². The molecule has 232 valence electrons. The summed E-state index contributed by atoms with van der Waals surface area (Å²) in [4.78, 5) is 6.24. The Kier molecular flexibility index (Phi) is 15.1. The summed E-state index contributed by atoms with van der Waals surface area (Å²) >= 11 is 0. The Morgan fingerprint density at radius 1 is 0.721 bits per heavy atom. The first-order chi connectivity index (χ1) is 20.9. The van der Waals surface area contributed by atoms with Gasteiger partial charge in [0.25, 0.3) is 8.53 Å². The molecule has 0 saturated carbocycles. The van der Waals surface area contributed by atoms with Crippen LogP contribution in [-0.2, 0) is 19.4 Å². The third-order valence-electron chi connectivity index (χ3n) is 7.17. The predicted molar refractivity (Wildman–Crippen MR) is 174 cm³/mol. The van der Waals surface area contributed by atoms with Crippen LogP contribution in [0.5, 0.6) is 5.75 Å². The molecule has 0 saturated heterocycles. The molecule has 0 aliphatic heterocycles. The number of nitriles is 1.